The molecule has 4 aromatic rings. The summed E-state index contributed by atoms with van der Waals surface area (Å²) in [5.74, 6) is -0.186. The predicted molar refractivity (Wildman–Crippen MR) is 116 cm³/mol. The molecule has 0 radical (unpaired) electrons. The molecule has 0 bridgehead atoms. The molecular weight excluding hydrogens is 397 g/mol. The average Bonchev–Trinajstić information content (AvgIpc) is 3.18. The van der Waals surface area contributed by atoms with Crippen molar-refractivity contribution < 1.29 is 18.7 Å². The van der Waals surface area contributed by atoms with Gasteiger partial charge in [0.15, 0.2) is 11.6 Å². The van der Waals surface area contributed by atoms with Crippen molar-refractivity contribution in [2.24, 2.45) is 0 Å². The maximum absolute atomic E-state index is 14.3. The fourth-order valence-corrected chi connectivity index (χ4v) is 4.44. The van der Waals surface area contributed by atoms with Crippen molar-refractivity contribution in [3.05, 3.63) is 70.8 Å². The number of nitrogens with one attached hydrogen (secondary N) is 1. The summed E-state index contributed by atoms with van der Waals surface area (Å²) in [5, 5.41) is 2.26. The first-order valence-electron chi connectivity index (χ1n) is 10.2. The molecule has 0 aliphatic carbocycles. The number of aromatic nitrogens is 2. The molecule has 0 saturated carbocycles. The number of methoxy groups -OCH3 is 2. The number of nitrogens with zero attached hydrogens (tertiary/aromatic N) is 2. The van der Waals surface area contributed by atoms with E-state index in [2.05, 4.69) is 11.1 Å². The number of fused-ring (bicyclic) bond motifs is 5. The van der Waals surface area contributed by atoms with Gasteiger partial charge in [-0.1, -0.05) is 24.3 Å². The minimum absolute atomic E-state index is 0.214. The maximum atomic E-state index is 14.3. The van der Waals surface area contributed by atoms with E-state index in [1.165, 1.54) is 20.3 Å². The largest absolute Gasteiger partial charge is 0.494 e. The molecule has 31 heavy (non-hydrogen) atoms. The fraction of sp³-hybridized carbons (Fsp3) is 0.250. The zero-order valence-corrected chi connectivity index (χ0v) is 17.4. The van der Waals surface area contributed by atoms with Gasteiger partial charge in [-0.05, 0) is 35.7 Å². The predicted octanol–water partition coefficient (Wildman–Crippen LogP) is 4.58. The lowest BCUT2D eigenvalue weighted by Crippen LogP contribution is -2.36. The highest BCUT2D eigenvalue weighted by Crippen LogP contribution is 2.35. The molecule has 1 aliphatic rings. The van der Waals surface area contributed by atoms with E-state index < -0.39 is 5.82 Å². The van der Waals surface area contributed by atoms with Crippen LogP contribution in [0, 0.1) is 5.82 Å². The molecule has 5 rings (SSSR count). The number of ether oxygens (including phenoxy) is 2. The third kappa shape index (κ3) is 3.26. The van der Waals surface area contributed by atoms with E-state index >= 15 is 0 Å². The topological polar surface area (TPSA) is 67.4 Å². The van der Waals surface area contributed by atoms with E-state index in [9.17, 15) is 9.18 Å². The van der Waals surface area contributed by atoms with Crippen LogP contribution in [-0.4, -0.2) is 41.7 Å². The minimum Gasteiger partial charge on any atom is -0.494 e. The molecule has 158 valence electrons. The van der Waals surface area contributed by atoms with Crippen molar-refractivity contribution in [1.82, 2.24) is 14.9 Å². The van der Waals surface area contributed by atoms with Crippen molar-refractivity contribution in [2.75, 3.05) is 20.8 Å². The number of carbonyl (C=O) groups is 1. The standard InChI is InChI=1S/C24H22FN3O3/c1-30-21-8-7-14(11-17(21)25)12-19-23-22(15-5-3-4-6-18(15)27-23)16-9-10-28(24(29)31-2)13-20(16)26-19/h3-8,11,27H,9-10,12-13H2,1-2H3. The van der Waals surface area contributed by atoms with Crippen LogP contribution >= 0.6 is 0 Å². The number of benzene rings is 2. The van der Waals surface area contributed by atoms with Crippen molar-refractivity contribution in [2.45, 2.75) is 19.4 Å². The van der Waals surface area contributed by atoms with Gasteiger partial charge in [-0.25, -0.2) is 9.18 Å². The van der Waals surface area contributed by atoms with Crippen LogP contribution in [0.5, 0.6) is 5.75 Å². The molecule has 7 heteroatoms. The van der Waals surface area contributed by atoms with Gasteiger partial charge in [0.2, 0.25) is 0 Å². The van der Waals surface area contributed by atoms with Gasteiger partial charge in [0.1, 0.15) is 0 Å². The number of hydrogen-bond donors (Lipinski definition) is 1. The number of carbonyl (C=O) groups excluding carboxylic acids is 1. The first-order valence-corrected chi connectivity index (χ1v) is 10.2. The van der Waals surface area contributed by atoms with E-state index in [1.54, 1.807) is 11.0 Å². The Morgan fingerprint density at radius 2 is 2.06 bits per heavy atom. The molecule has 2 aromatic carbocycles. The number of rotatable bonds is 3. The van der Waals surface area contributed by atoms with E-state index in [4.69, 9.17) is 14.5 Å². The molecule has 2 aromatic heterocycles. The summed E-state index contributed by atoms with van der Waals surface area (Å²) < 4.78 is 24.2. The lowest BCUT2D eigenvalue weighted by atomic mass is 9.96. The second-order valence-corrected chi connectivity index (χ2v) is 7.69. The van der Waals surface area contributed by atoms with Gasteiger partial charge in [-0.15, -0.1) is 0 Å². The number of hydrogen-bond acceptors (Lipinski definition) is 4. The third-order valence-corrected chi connectivity index (χ3v) is 5.91. The van der Waals surface area contributed by atoms with Gasteiger partial charge in [-0.2, -0.15) is 0 Å². The Balaban J connectivity index is 1.67. The lowest BCUT2D eigenvalue weighted by Gasteiger charge is -2.28. The van der Waals surface area contributed by atoms with Gasteiger partial charge in [0.25, 0.3) is 0 Å². The number of para-hydroxylation sites is 1. The van der Waals surface area contributed by atoms with Crippen molar-refractivity contribution in [3.63, 3.8) is 0 Å². The average molecular weight is 419 g/mol. The van der Waals surface area contributed by atoms with Gasteiger partial charge < -0.3 is 19.4 Å². The van der Waals surface area contributed by atoms with E-state index in [1.807, 2.05) is 24.3 Å². The fourth-order valence-electron chi connectivity index (χ4n) is 4.44. The van der Waals surface area contributed by atoms with Crippen LogP contribution in [0.4, 0.5) is 9.18 Å². The summed E-state index contributed by atoms with van der Waals surface area (Å²) in [7, 11) is 2.84. The highest BCUT2D eigenvalue weighted by atomic mass is 19.1. The number of H-pyrrole nitrogens is 1. The number of halogens is 1. The Kier molecular flexibility index (Phi) is 4.73. The summed E-state index contributed by atoms with van der Waals surface area (Å²) in [6.45, 7) is 0.973. The molecule has 1 aliphatic heterocycles. The van der Waals surface area contributed by atoms with Crippen LogP contribution in [0.15, 0.2) is 42.5 Å². The van der Waals surface area contributed by atoms with Crippen LogP contribution in [-0.2, 0) is 24.1 Å². The number of pyridine rings is 1. The van der Waals surface area contributed by atoms with Gasteiger partial charge in [0.05, 0.1) is 37.7 Å². The monoisotopic (exact) mass is 419 g/mol. The van der Waals surface area contributed by atoms with Crippen molar-refractivity contribution >= 4 is 27.9 Å². The number of aromatic amines is 1. The number of amides is 1. The van der Waals surface area contributed by atoms with Crippen LogP contribution in [0.2, 0.25) is 0 Å². The van der Waals surface area contributed by atoms with E-state index in [0.717, 1.165) is 44.3 Å². The lowest BCUT2D eigenvalue weighted by molar-refractivity contribution is 0.118. The van der Waals surface area contributed by atoms with Crippen LogP contribution in [0.25, 0.3) is 21.8 Å². The Hall–Kier alpha value is -3.61. The summed E-state index contributed by atoms with van der Waals surface area (Å²) in [5.41, 5.74) is 5.62. The molecule has 3 heterocycles. The zero-order chi connectivity index (χ0) is 21.5. The molecule has 6 nitrogen and oxygen atoms in total. The second kappa shape index (κ2) is 7.58. The molecule has 1 amide bonds. The molecule has 0 saturated heterocycles. The van der Waals surface area contributed by atoms with E-state index in [0.29, 0.717) is 25.9 Å². The van der Waals surface area contributed by atoms with Gasteiger partial charge in [-0.3, -0.25) is 4.98 Å². The smallest absolute Gasteiger partial charge is 0.409 e. The van der Waals surface area contributed by atoms with Crippen LogP contribution in [0.3, 0.4) is 0 Å². The summed E-state index contributed by atoms with van der Waals surface area (Å²) in [6.07, 6.45) is 0.799. The molecule has 0 unspecified atom stereocenters. The summed E-state index contributed by atoms with van der Waals surface area (Å²) in [4.78, 5) is 22.2. The highest BCUT2D eigenvalue weighted by Gasteiger charge is 2.26. The second-order valence-electron chi connectivity index (χ2n) is 7.69. The highest BCUT2D eigenvalue weighted by molar-refractivity contribution is 6.10. The Labute approximate surface area is 178 Å². The van der Waals surface area contributed by atoms with Crippen LogP contribution < -0.4 is 4.74 Å². The zero-order valence-electron chi connectivity index (χ0n) is 17.4. The van der Waals surface area contributed by atoms with Crippen molar-refractivity contribution in [1.29, 1.82) is 0 Å². The first kappa shape index (κ1) is 19.4. The molecule has 0 atom stereocenters. The maximum Gasteiger partial charge on any atom is 0.409 e. The van der Waals surface area contributed by atoms with Crippen LogP contribution in [0.1, 0.15) is 22.5 Å². The normalized spacial score (nSPS) is 13.5. The van der Waals surface area contributed by atoms with Gasteiger partial charge >= 0.3 is 6.09 Å². The quantitative estimate of drug-likeness (QED) is 0.528. The summed E-state index contributed by atoms with van der Waals surface area (Å²) >= 11 is 0. The van der Waals surface area contributed by atoms with Gasteiger partial charge in [0, 0.05) is 29.3 Å². The molecular formula is C24H22FN3O3. The molecule has 0 spiro atoms. The molecule has 1 N–H and O–H groups in total. The third-order valence-electron chi connectivity index (χ3n) is 5.91. The van der Waals surface area contributed by atoms with Crippen molar-refractivity contribution in [3.8, 4) is 5.75 Å². The Bertz CT molecular complexity index is 1310. The Morgan fingerprint density at radius 1 is 1.23 bits per heavy atom. The first-order chi connectivity index (χ1) is 15.1. The summed E-state index contributed by atoms with van der Waals surface area (Å²) in [6, 6.07) is 13.1. The minimum atomic E-state index is -0.400. The Morgan fingerprint density at radius 3 is 2.84 bits per heavy atom. The van der Waals surface area contributed by atoms with E-state index in [-0.39, 0.29) is 11.8 Å². The molecule has 0 fully saturated rings. The SMILES string of the molecule is COC(=O)N1CCc2c(nc(Cc3ccc(OC)c(F)c3)c3[nH]c4ccccc4c23)C1.